The molecule has 42 heavy (non-hydrogen) atoms. The monoisotopic (exact) mass is 572 g/mol. The van der Waals surface area contributed by atoms with Crippen molar-refractivity contribution in [3.8, 4) is 17.6 Å². The smallest absolute Gasteiger partial charge is 0.328 e. The van der Waals surface area contributed by atoms with Crippen LogP contribution in [0.3, 0.4) is 0 Å². The first-order valence-electron chi connectivity index (χ1n) is 14.2. The Morgan fingerprint density at radius 3 is 2.40 bits per heavy atom. The molecular weight excluding hydrogens is 536 g/mol. The third kappa shape index (κ3) is 5.77. The number of ether oxygens (including phenoxy) is 2. The Bertz CT molecular complexity index is 1460. The van der Waals surface area contributed by atoms with Gasteiger partial charge in [0.15, 0.2) is 6.73 Å². The lowest BCUT2D eigenvalue weighted by molar-refractivity contribution is -0.158. The Morgan fingerprint density at radius 2 is 1.74 bits per heavy atom. The molecule has 1 atom stereocenters. The van der Waals surface area contributed by atoms with Crippen molar-refractivity contribution in [2.45, 2.75) is 52.1 Å². The number of fused-ring (bicyclic) bond motifs is 1. The third-order valence-corrected chi connectivity index (χ3v) is 7.75. The summed E-state index contributed by atoms with van der Waals surface area (Å²) < 4.78 is 10.6. The summed E-state index contributed by atoms with van der Waals surface area (Å²) in [6.07, 6.45) is 3.57. The summed E-state index contributed by atoms with van der Waals surface area (Å²) in [5.41, 5.74) is 0.478. The largest absolute Gasteiger partial charge is 0.497 e. The van der Waals surface area contributed by atoms with Crippen LogP contribution in [0.15, 0.2) is 42.5 Å². The van der Waals surface area contributed by atoms with Gasteiger partial charge in [-0.15, -0.1) is 0 Å². The maximum Gasteiger partial charge on any atom is 0.328 e. The zero-order valence-electron chi connectivity index (χ0n) is 24.5. The highest BCUT2D eigenvalue weighted by Crippen LogP contribution is 2.30. The van der Waals surface area contributed by atoms with Crippen molar-refractivity contribution in [2.24, 2.45) is 5.41 Å². The molecule has 0 aromatic heterocycles. The Balaban J connectivity index is 1.42. The number of urea groups is 1. The molecule has 3 aliphatic rings. The van der Waals surface area contributed by atoms with Crippen LogP contribution in [0.4, 0.5) is 10.5 Å². The minimum atomic E-state index is -1.74. The first-order chi connectivity index (χ1) is 20.0. The quantitative estimate of drug-likeness (QED) is 0.321. The number of nitrogens with zero attached hydrogens (tertiary/aromatic N) is 3. The zero-order chi connectivity index (χ0) is 30.1. The molecule has 4 amide bonds. The van der Waals surface area contributed by atoms with Crippen molar-refractivity contribution in [1.82, 2.24) is 15.1 Å². The number of piperidine rings is 1. The molecule has 10 heteroatoms. The Labute approximate surface area is 245 Å². The van der Waals surface area contributed by atoms with Crippen LogP contribution in [0, 0.1) is 17.3 Å². The van der Waals surface area contributed by atoms with E-state index in [1.807, 2.05) is 30.3 Å². The molecule has 1 N–H and O–H groups in total. The molecule has 0 aliphatic carbocycles. The number of benzene rings is 2. The van der Waals surface area contributed by atoms with Gasteiger partial charge in [-0.05, 0) is 82.0 Å². The summed E-state index contributed by atoms with van der Waals surface area (Å²) in [4.78, 5) is 57.3. The molecular formula is C32H36N4O6. The normalized spacial score (nSPS) is 20.2. The van der Waals surface area contributed by atoms with E-state index < -0.39 is 35.6 Å². The number of imide groups is 1. The average molecular weight is 573 g/mol. The molecule has 2 aromatic rings. The van der Waals surface area contributed by atoms with Crippen LogP contribution < -0.4 is 15.0 Å². The summed E-state index contributed by atoms with van der Waals surface area (Å²) in [6.45, 7) is 6.58. The third-order valence-electron chi connectivity index (χ3n) is 7.75. The van der Waals surface area contributed by atoms with Gasteiger partial charge in [-0.2, -0.15) is 0 Å². The van der Waals surface area contributed by atoms with Gasteiger partial charge in [0, 0.05) is 36.4 Å². The minimum Gasteiger partial charge on any atom is -0.497 e. The predicted octanol–water partition coefficient (Wildman–Crippen LogP) is 3.53. The van der Waals surface area contributed by atoms with Gasteiger partial charge in [0.1, 0.15) is 5.75 Å². The minimum absolute atomic E-state index is 0.185. The van der Waals surface area contributed by atoms with Crippen LogP contribution in [0.5, 0.6) is 5.75 Å². The number of rotatable bonds is 6. The van der Waals surface area contributed by atoms with E-state index in [4.69, 9.17) is 9.47 Å². The van der Waals surface area contributed by atoms with E-state index in [9.17, 15) is 19.2 Å². The van der Waals surface area contributed by atoms with Crippen LogP contribution in [0.25, 0.3) is 0 Å². The van der Waals surface area contributed by atoms with Crippen LogP contribution in [0.1, 0.15) is 61.5 Å². The number of anilines is 1. The highest BCUT2D eigenvalue weighted by Gasteiger charge is 2.53. The fourth-order valence-corrected chi connectivity index (χ4v) is 5.28. The molecule has 0 saturated carbocycles. The van der Waals surface area contributed by atoms with Gasteiger partial charge in [-0.1, -0.05) is 17.9 Å². The van der Waals surface area contributed by atoms with Crippen molar-refractivity contribution in [2.75, 3.05) is 38.4 Å². The lowest BCUT2D eigenvalue weighted by Gasteiger charge is -2.28. The second-order valence-electron chi connectivity index (χ2n) is 11.9. The lowest BCUT2D eigenvalue weighted by Crippen LogP contribution is -2.54. The molecule has 0 bridgehead atoms. The number of esters is 1. The number of hydrogen-bond donors (Lipinski definition) is 1. The highest BCUT2D eigenvalue weighted by atomic mass is 16.5. The van der Waals surface area contributed by atoms with Crippen LogP contribution in [-0.2, 0) is 20.9 Å². The van der Waals surface area contributed by atoms with Gasteiger partial charge in [-0.3, -0.25) is 14.4 Å². The van der Waals surface area contributed by atoms with Crippen molar-refractivity contribution < 1.29 is 28.7 Å². The molecule has 2 fully saturated rings. The van der Waals surface area contributed by atoms with Crippen LogP contribution in [-0.4, -0.2) is 72.6 Å². The van der Waals surface area contributed by atoms with Gasteiger partial charge in [0.2, 0.25) is 5.54 Å². The van der Waals surface area contributed by atoms with Crippen molar-refractivity contribution in [3.63, 3.8) is 0 Å². The molecule has 0 unspecified atom stereocenters. The number of methoxy groups -OCH3 is 1. The molecule has 10 nitrogen and oxygen atoms in total. The number of carbonyl (C=O) groups excluding carboxylic acids is 4. The Kier molecular flexibility index (Phi) is 7.87. The maximum atomic E-state index is 13.8. The molecule has 5 rings (SSSR count). The molecule has 0 radical (unpaired) electrons. The van der Waals surface area contributed by atoms with E-state index in [0.29, 0.717) is 16.9 Å². The summed E-state index contributed by atoms with van der Waals surface area (Å²) in [5, 5.41) is 2.71. The second-order valence-corrected chi connectivity index (χ2v) is 11.9. The summed E-state index contributed by atoms with van der Waals surface area (Å²) in [7, 11) is 1.52. The van der Waals surface area contributed by atoms with Crippen molar-refractivity contribution >= 4 is 29.5 Å². The van der Waals surface area contributed by atoms with E-state index in [0.717, 1.165) is 29.2 Å². The summed E-state index contributed by atoms with van der Waals surface area (Å²) in [5.74, 6) is 5.05. The van der Waals surface area contributed by atoms with E-state index in [-0.39, 0.29) is 19.0 Å². The summed E-state index contributed by atoms with van der Waals surface area (Å²) in [6, 6.07) is 12.3. The Morgan fingerprint density at radius 1 is 1.02 bits per heavy atom. The molecule has 3 aliphatic heterocycles. The summed E-state index contributed by atoms with van der Waals surface area (Å²) >= 11 is 0. The molecule has 0 spiro atoms. The number of amides is 4. The first-order valence-corrected chi connectivity index (χ1v) is 14.2. The second kappa shape index (κ2) is 11.4. The van der Waals surface area contributed by atoms with Gasteiger partial charge in [-0.25, -0.2) is 9.69 Å². The predicted molar refractivity (Wildman–Crippen MR) is 156 cm³/mol. The topological polar surface area (TPSA) is 108 Å². The first kappa shape index (κ1) is 29.0. The maximum absolute atomic E-state index is 13.8. The molecule has 2 saturated heterocycles. The van der Waals surface area contributed by atoms with E-state index in [1.165, 1.54) is 31.3 Å². The van der Waals surface area contributed by atoms with E-state index in [2.05, 4.69) is 22.1 Å². The van der Waals surface area contributed by atoms with Gasteiger partial charge in [0.25, 0.3) is 11.8 Å². The van der Waals surface area contributed by atoms with Crippen molar-refractivity contribution in [1.29, 1.82) is 0 Å². The number of hydrogen-bond acceptors (Lipinski definition) is 7. The van der Waals surface area contributed by atoms with Crippen LogP contribution in [0.2, 0.25) is 0 Å². The number of carbonyl (C=O) groups is 4. The van der Waals surface area contributed by atoms with Crippen molar-refractivity contribution in [3.05, 3.63) is 59.2 Å². The zero-order valence-corrected chi connectivity index (χ0v) is 24.5. The SMILES string of the molecule is COc1ccc2c(c1)C(=O)N(C[C@@]1(C#Cc3ccc(N4CCCCC4)cc3)NC(=O)N(COC(=O)C(C)(C)C)C1=O)C2. The highest BCUT2D eigenvalue weighted by molar-refractivity contribution is 6.10. The van der Waals surface area contributed by atoms with Gasteiger partial charge < -0.3 is 24.6 Å². The van der Waals surface area contributed by atoms with E-state index in [1.54, 1.807) is 32.9 Å². The molecule has 3 heterocycles. The fraction of sp³-hybridized carbons (Fsp3) is 0.438. The molecule has 220 valence electrons. The van der Waals surface area contributed by atoms with Gasteiger partial charge >= 0.3 is 12.0 Å². The number of nitrogens with one attached hydrogen (secondary N) is 1. The fourth-order valence-electron chi connectivity index (χ4n) is 5.28. The standard InChI is InChI=1S/C32H36N4O6/c1-31(2,3)29(39)42-21-36-28(38)32(33-30(36)40,20-35-19-23-10-13-25(41-4)18-26(23)27(35)37)15-14-22-8-11-24(12-9-22)34-16-6-5-7-17-34/h8-13,18H,5-7,16-17,19-21H2,1-4H3,(H,33,40)/t32-/m1/s1. The van der Waals surface area contributed by atoms with Gasteiger partial charge in [0.05, 0.1) is 19.1 Å². The lowest BCUT2D eigenvalue weighted by atomic mass is 9.97. The average Bonchev–Trinajstić information content (AvgIpc) is 3.41. The van der Waals surface area contributed by atoms with Crippen LogP contribution >= 0.6 is 0 Å². The molecule has 2 aromatic carbocycles. The Hall–Kier alpha value is -4.52. The van der Waals surface area contributed by atoms with E-state index >= 15 is 0 Å².